The first-order chi connectivity index (χ1) is 15.7. The predicted octanol–water partition coefficient (Wildman–Crippen LogP) is -1.27. The van der Waals surface area contributed by atoms with E-state index in [0.29, 0.717) is 22.6 Å². The van der Waals surface area contributed by atoms with Gasteiger partial charge in [0.15, 0.2) is 11.8 Å². The number of benzene rings is 2. The number of amides is 3. The number of likely N-dealkylation sites (N-methyl/N-ethyl adjacent to an activating group) is 1. The summed E-state index contributed by atoms with van der Waals surface area (Å²) in [6.45, 7) is 1.54. The smallest absolute Gasteiger partial charge is 0.550 e. The topological polar surface area (TPSA) is 119 Å². The number of nitrogens with zero attached hydrogens (tertiary/aromatic N) is 1. The van der Waals surface area contributed by atoms with E-state index in [1.165, 1.54) is 18.1 Å². The minimum absolute atomic E-state index is 0. The molecular formula is C24H23ClN3NaO5. The van der Waals surface area contributed by atoms with E-state index in [4.69, 9.17) is 11.6 Å². The van der Waals surface area contributed by atoms with Gasteiger partial charge in [-0.2, -0.15) is 0 Å². The molecule has 8 nitrogen and oxygen atoms in total. The van der Waals surface area contributed by atoms with Crippen molar-refractivity contribution in [2.75, 3.05) is 7.05 Å². The summed E-state index contributed by atoms with van der Waals surface area (Å²) in [6, 6.07) is 11.4. The van der Waals surface area contributed by atoms with Crippen molar-refractivity contribution in [3.63, 3.8) is 0 Å². The van der Waals surface area contributed by atoms with Crippen molar-refractivity contribution in [2.24, 2.45) is 0 Å². The Balaban J connectivity index is 0.00000408. The van der Waals surface area contributed by atoms with Gasteiger partial charge in [0, 0.05) is 36.2 Å². The number of aliphatic carboxylic acids is 1. The molecule has 2 atom stereocenters. The number of Topliss-reactive ketones (excluding diaryl/α,β-unsaturated/α-hetero) is 1. The van der Waals surface area contributed by atoms with Crippen molar-refractivity contribution < 1.29 is 53.8 Å². The molecule has 0 saturated heterocycles. The number of carboxylic acid groups (broad SMARTS) is 1. The first-order valence-electron chi connectivity index (χ1n) is 10.2. The molecular weight excluding hydrogens is 469 g/mol. The van der Waals surface area contributed by atoms with Crippen LogP contribution in [0.25, 0.3) is 0 Å². The van der Waals surface area contributed by atoms with Crippen LogP contribution in [0.2, 0.25) is 5.02 Å². The SMILES string of the molecule is CC1=CN(C)C(=O)C(NC(=O)NC(CC(=O)[O-])c2ccc(Cc3ccccc3Cl)cc2)C1=O.[Na+]. The second-order valence-electron chi connectivity index (χ2n) is 7.81. The molecule has 1 aliphatic heterocycles. The van der Waals surface area contributed by atoms with Crippen molar-refractivity contribution in [2.45, 2.75) is 31.8 Å². The Morgan fingerprint density at radius 2 is 1.76 bits per heavy atom. The molecule has 2 aromatic rings. The molecule has 3 amide bonds. The monoisotopic (exact) mass is 491 g/mol. The van der Waals surface area contributed by atoms with Gasteiger partial charge in [-0.15, -0.1) is 0 Å². The maximum Gasteiger partial charge on any atom is 1.00 e. The fourth-order valence-electron chi connectivity index (χ4n) is 3.57. The molecule has 0 radical (unpaired) electrons. The molecule has 3 rings (SSSR count). The molecule has 34 heavy (non-hydrogen) atoms. The van der Waals surface area contributed by atoms with Crippen LogP contribution in [0.1, 0.15) is 36.1 Å². The van der Waals surface area contributed by atoms with Gasteiger partial charge in [-0.25, -0.2) is 4.79 Å². The molecule has 0 saturated carbocycles. The van der Waals surface area contributed by atoms with E-state index >= 15 is 0 Å². The Bertz CT molecular complexity index is 1120. The number of urea groups is 1. The van der Waals surface area contributed by atoms with Gasteiger partial charge < -0.3 is 25.4 Å². The van der Waals surface area contributed by atoms with Crippen LogP contribution in [0.4, 0.5) is 4.79 Å². The van der Waals surface area contributed by atoms with E-state index in [1.807, 2.05) is 30.3 Å². The quantitative estimate of drug-likeness (QED) is 0.370. The third kappa shape index (κ3) is 6.93. The third-order valence-electron chi connectivity index (χ3n) is 5.32. The van der Waals surface area contributed by atoms with Crippen LogP contribution in [-0.2, 0) is 20.8 Å². The van der Waals surface area contributed by atoms with Gasteiger partial charge in [-0.1, -0.05) is 54.1 Å². The fourth-order valence-corrected chi connectivity index (χ4v) is 3.77. The summed E-state index contributed by atoms with van der Waals surface area (Å²) in [5.41, 5.74) is 2.76. The van der Waals surface area contributed by atoms with Crippen LogP contribution in [-0.4, -0.2) is 41.7 Å². The van der Waals surface area contributed by atoms with Crippen LogP contribution < -0.4 is 45.3 Å². The van der Waals surface area contributed by atoms with Crippen LogP contribution in [0.5, 0.6) is 0 Å². The Kier molecular flexibility index (Phi) is 9.88. The number of nitrogens with one attached hydrogen (secondary N) is 2. The first kappa shape index (κ1) is 27.6. The van der Waals surface area contributed by atoms with Gasteiger partial charge in [0.2, 0.25) is 0 Å². The maximum absolute atomic E-state index is 12.5. The molecule has 2 aromatic carbocycles. The van der Waals surface area contributed by atoms with E-state index < -0.39 is 42.2 Å². The Hall–Kier alpha value is -2.65. The third-order valence-corrected chi connectivity index (χ3v) is 5.69. The van der Waals surface area contributed by atoms with Gasteiger partial charge >= 0.3 is 35.6 Å². The average Bonchev–Trinajstić information content (AvgIpc) is 2.77. The zero-order chi connectivity index (χ0) is 24.1. The maximum atomic E-state index is 12.5. The Morgan fingerprint density at radius 1 is 1.12 bits per heavy atom. The van der Waals surface area contributed by atoms with E-state index in [0.717, 1.165) is 11.1 Å². The van der Waals surface area contributed by atoms with Gasteiger partial charge in [0.05, 0.1) is 6.04 Å². The van der Waals surface area contributed by atoms with Crippen LogP contribution in [0.15, 0.2) is 60.3 Å². The largest absolute Gasteiger partial charge is 1.00 e. The van der Waals surface area contributed by atoms with Crippen molar-refractivity contribution in [1.82, 2.24) is 15.5 Å². The number of carbonyl (C=O) groups excluding carboxylic acids is 4. The fraction of sp³-hybridized carbons (Fsp3) is 0.250. The molecule has 172 valence electrons. The van der Waals surface area contributed by atoms with Gasteiger partial charge in [0.1, 0.15) is 0 Å². The van der Waals surface area contributed by atoms with Gasteiger partial charge in [0.25, 0.3) is 5.91 Å². The number of ketones is 1. The number of rotatable bonds is 7. The van der Waals surface area contributed by atoms with Crippen molar-refractivity contribution in [1.29, 1.82) is 0 Å². The standard InChI is InChI=1S/C24H24ClN3O5.Na/c1-14-13-28(2)23(32)21(22(14)31)27-24(33)26-19(12-20(29)30)16-9-7-15(8-10-16)11-17-5-3-4-6-18(17)25;/h3-10,13,19,21H,11-12H2,1-2H3,(H,29,30)(H2,26,27,33);/q;+1/p-1. The summed E-state index contributed by atoms with van der Waals surface area (Å²) in [5, 5.41) is 16.8. The molecule has 0 fully saturated rings. The van der Waals surface area contributed by atoms with Crippen molar-refractivity contribution >= 4 is 35.3 Å². The Labute approximate surface area is 224 Å². The summed E-state index contributed by atoms with van der Waals surface area (Å²) >= 11 is 6.21. The van der Waals surface area contributed by atoms with E-state index in [-0.39, 0.29) is 29.6 Å². The molecule has 2 N–H and O–H groups in total. The molecule has 0 aliphatic carbocycles. The second kappa shape index (κ2) is 12.2. The predicted molar refractivity (Wildman–Crippen MR) is 120 cm³/mol. The van der Waals surface area contributed by atoms with Crippen LogP contribution in [0.3, 0.4) is 0 Å². The normalized spacial score (nSPS) is 16.3. The molecule has 1 aliphatic rings. The van der Waals surface area contributed by atoms with Gasteiger partial charge in [-0.05, 0) is 36.1 Å². The van der Waals surface area contributed by atoms with Crippen molar-refractivity contribution in [3.05, 3.63) is 82.0 Å². The molecule has 1 heterocycles. The number of carbonyl (C=O) groups is 4. The number of hydrogen-bond donors (Lipinski definition) is 2. The van der Waals surface area contributed by atoms with Gasteiger partial charge in [-0.3, -0.25) is 9.59 Å². The van der Waals surface area contributed by atoms with Crippen molar-refractivity contribution in [3.8, 4) is 0 Å². The van der Waals surface area contributed by atoms with E-state index in [1.54, 1.807) is 25.1 Å². The molecule has 2 unspecified atom stereocenters. The summed E-state index contributed by atoms with van der Waals surface area (Å²) < 4.78 is 0. The summed E-state index contributed by atoms with van der Waals surface area (Å²) in [4.78, 5) is 49.6. The molecule has 0 spiro atoms. The summed E-state index contributed by atoms with van der Waals surface area (Å²) in [7, 11) is 1.48. The summed E-state index contributed by atoms with van der Waals surface area (Å²) in [6.07, 6.45) is 1.50. The summed E-state index contributed by atoms with van der Waals surface area (Å²) in [5.74, 6) is -2.46. The van der Waals surface area contributed by atoms with E-state index in [2.05, 4.69) is 10.6 Å². The number of hydrogen-bond acceptors (Lipinski definition) is 5. The first-order valence-corrected chi connectivity index (χ1v) is 10.6. The number of halogens is 1. The molecule has 0 aromatic heterocycles. The molecule has 10 heteroatoms. The van der Waals surface area contributed by atoms with E-state index in [9.17, 15) is 24.3 Å². The minimum Gasteiger partial charge on any atom is -0.550 e. The second-order valence-corrected chi connectivity index (χ2v) is 8.22. The van der Waals surface area contributed by atoms with Crippen LogP contribution >= 0.6 is 11.6 Å². The number of carboxylic acids is 1. The molecule has 0 bridgehead atoms. The zero-order valence-electron chi connectivity index (χ0n) is 19.1. The zero-order valence-corrected chi connectivity index (χ0v) is 21.9. The Morgan fingerprint density at radius 3 is 2.38 bits per heavy atom. The minimum atomic E-state index is -1.37. The average molecular weight is 492 g/mol. The van der Waals surface area contributed by atoms with Crippen LogP contribution in [0, 0.1) is 0 Å².